The predicted octanol–water partition coefficient (Wildman–Crippen LogP) is 1.64. The van der Waals surface area contributed by atoms with Crippen molar-refractivity contribution in [3.05, 3.63) is 24.1 Å². The van der Waals surface area contributed by atoms with Crippen LogP contribution in [0.2, 0.25) is 0 Å². The van der Waals surface area contributed by atoms with Crippen LogP contribution in [-0.2, 0) is 4.79 Å². The Hall–Kier alpha value is -1.45. The molecule has 0 atom stereocenters. The minimum Gasteiger partial charge on any atom is -0.354 e. The number of aldehydes is 1. The van der Waals surface area contributed by atoms with Gasteiger partial charge in [-0.05, 0) is 25.0 Å². The minimum absolute atomic E-state index is 0.132. The molecule has 0 aliphatic carbocycles. The minimum atomic E-state index is -0.290. The summed E-state index contributed by atoms with van der Waals surface area (Å²) >= 11 is 0. The molecule has 0 aromatic carbocycles. The Morgan fingerprint density at radius 3 is 2.80 bits per heavy atom. The van der Waals surface area contributed by atoms with Crippen molar-refractivity contribution in [1.82, 2.24) is 4.98 Å². The summed E-state index contributed by atoms with van der Waals surface area (Å²) in [6, 6.07) is 2.99. The van der Waals surface area contributed by atoms with Crippen molar-refractivity contribution in [1.29, 1.82) is 0 Å². The molecule has 1 aromatic rings. The van der Waals surface area contributed by atoms with Crippen LogP contribution in [0.15, 0.2) is 18.3 Å². The van der Waals surface area contributed by atoms with E-state index in [1.807, 2.05) is 4.90 Å². The van der Waals surface area contributed by atoms with Crippen LogP contribution in [0.4, 0.5) is 10.2 Å². The Morgan fingerprint density at radius 1 is 1.47 bits per heavy atom. The fourth-order valence-corrected chi connectivity index (χ4v) is 1.86. The van der Waals surface area contributed by atoms with Gasteiger partial charge in [0.2, 0.25) is 0 Å². The highest BCUT2D eigenvalue weighted by Gasteiger charge is 2.21. The van der Waals surface area contributed by atoms with Gasteiger partial charge in [0.05, 0.1) is 0 Å². The molecule has 0 saturated carbocycles. The molecule has 0 unspecified atom stereocenters. The zero-order chi connectivity index (χ0) is 10.7. The van der Waals surface area contributed by atoms with Crippen molar-refractivity contribution in [2.75, 3.05) is 18.0 Å². The Morgan fingerprint density at radius 2 is 2.20 bits per heavy atom. The lowest BCUT2D eigenvalue weighted by atomic mass is 9.99. The van der Waals surface area contributed by atoms with Crippen LogP contribution >= 0.6 is 0 Å². The van der Waals surface area contributed by atoms with E-state index >= 15 is 0 Å². The maximum Gasteiger partial charge on any atom is 0.165 e. The molecule has 0 N–H and O–H groups in total. The van der Waals surface area contributed by atoms with Crippen LogP contribution in [0.1, 0.15) is 12.8 Å². The van der Waals surface area contributed by atoms with Gasteiger partial charge in [-0.2, -0.15) is 0 Å². The first-order valence-corrected chi connectivity index (χ1v) is 5.12. The first-order chi connectivity index (χ1) is 7.31. The maximum atomic E-state index is 13.4. The van der Waals surface area contributed by atoms with Crippen molar-refractivity contribution >= 4 is 12.1 Å². The van der Waals surface area contributed by atoms with Crippen molar-refractivity contribution in [2.45, 2.75) is 12.8 Å². The van der Waals surface area contributed by atoms with Gasteiger partial charge in [0.15, 0.2) is 11.6 Å². The molecule has 1 aromatic heterocycles. The summed E-state index contributed by atoms with van der Waals surface area (Å²) in [5, 5.41) is 0. The summed E-state index contributed by atoms with van der Waals surface area (Å²) < 4.78 is 13.4. The molecule has 0 radical (unpaired) electrons. The SMILES string of the molecule is O=CC1CCN(c2ncccc2F)CC1. The van der Waals surface area contributed by atoms with E-state index in [9.17, 15) is 9.18 Å². The van der Waals surface area contributed by atoms with Crippen LogP contribution in [-0.4, -0.2) is 24.4 Å². The lowest BCUT2D eigenvalue weighted by Gasteiger charge is -2.30. The van der Waals surface area contributed by atoms with Crippen LogP contribution in [0.3, 0.4) is 0 Å². The van der Waals surface area contributed by atoms with Gasteiger partial charge in [-0.3, -0.25) is 0 Å². The molecular weight excluding hydrogens is 195 g/mol. The Kier molecular flexibility index (Phi) is 2.94. The molecule has 1 aliphatic heterocycles. The van der Waals surface area contributed by atoms with E-state index in [0.29, 0.717) is 18.9 Å². The Balaban J connectivity index is 2.07. The number of nitrogens with zero attached hydrogens (tertiary/aromatic N) is 2. The van der Waals surface area contributed by atoms with Gasteiger partial charge in [-0.15, -0.1) is 0 Å². The van der Waals surface area contributed by atoms with Gasteiger partial charge in [0.1, 0.15) is 6.29 Å². The number of carbonyl (C=O) groups is 1. The summed E-state index contributed by atoms with van der Waals surface area (Å²) in [6.45, 7) is 1.41. The highest BCUT2D eigenvalue weighted by Crippen LogP contribution is 2.22. The first-order valence-electron chi connectivity index (χ1n) is 5.12. The highest BCUT2D eigenvalue weighted by molar-refractivity contribution is 5.54. The van der Waals surface area contributed by atoms with Gasteiger partial charge < -0.3 is 9.69 Å². The van der Waals surface area contributed by atoms with Gasteiger partial charge in [-0.25, -0.2) is 9.37 Å². The van der Waals surface area contributed by atoms with Gasteiger partial charge in [0, 0.05) is 25.2 Å². The zero-order valence-electron chi connectivity index (χ0n) is 8.40. The van der Waals surface area contributed by atoms with E-state index < -0.39 is 0 Å². The van der Waals surface area contributed by atoms with Gasteiger partial charge >= 0.3 is 0 Å². The second kappa shape index (κ2) is 4.38. The van der Waals surface area contributed by atoms with E-state index in [1.54, 1.807) is 12.3 Å². The lowest BCUT2D eigenvalue weighted by molar-refractivity contribution is -0.111. The molecule has 15 heavy (non-hydrogen) atoms. The molecule has 1 fully saturated rings. The number of carbonyl (C=O) groups excluding carboxylic acids is 1. The Bertz CT molecular complexity index is 348. The van der Waals surface area contributed by atoms with E-state index in [-0.39, 0.29) is 11.7 Å². The molecule has 4 heteroatoms. The zero-order valence-corrected chi connectivity index (χ0v) is 8.40. The first kappa shape index (κ1) is 10.1. The van der Waals surface area contributed by atoms with E-state index in [1.165, 1.54) is 6.07 Å². The average molecular weight is 208 g/mol. The normalized spacial score (nSPS) is 17.8. The van der Waals surface area contributed by atoms with Gasteiger partial charge in [-0.1, -0.05) is 0 Å². The summed E-state index contributed by atoms with van der Waals surface area (Å²) in [7, 11) is 0. The predicted molar refractivity (Wildman–Crippen MR) is 55.2 cm³/mol. The average Bonchev–Trinajstić information content (AvgIpc) is 2.30. The van der Waals surface area contributed by atoms with E-state index in [4.69, 9.17) is 0 Å². The third kappa shape index (κ3) is 2.14. The van der Waals surface area contributed by atoms with Crippen molar-refractivity contribution in [2.24, 2.45) is 5.92 Å². The summed E-state index contributed by atoms with van der Waals surface area (Å²) in [5.41, 5.74) is 0. The second-order valence-corrected chi connectivity index (χ2v) is 3.77. The largest absolute Gasteiger partial charge is 0.354 e. The standard InChI is InChI=1S/C11H13FN2O/c12-10-2-1-5-13-11(10)14-6-3-9(8-15)4-7-14/h1-2,5,8-9H,3-4,6-7H2. The molecule has 1 aliphatic rings. The number of aromatic nitrogens is 1. The number of pyridine rings is 1. The fraction of sp³-hybridized carbons (Fsp3) is 0.455. The number of hydrogen-bond donors (Lipinski definition) is 0. The fourth-order valence-electron chi connectivity index (χ4n) is 1.86. The quantitative estimate of drug-likeness (QED) is 0.693. The van der Waals surface area contributed by atoms with Gasteiger partial charge in [0.25, 0.3) is 0 Å². The number of halogens is 1. The maximum absolute atomic E-state index is 13.4. The molecule has 1 saturated heterocycles. The Labute approximate surface area is 87.9 Å². The monoisotopic (exact) mass is 208 g/mol. The third-order valence-corrected chi connectivity index (χ3v) is 2.77. The third-order valence-electron chi connectivity index (χ3n) is 2.77. The molecule has 3 nitrogen and oxygen atoms in total. The van der Waals surface area contributed by atoms with Crippen LogP contribution < -0.4 is 4.90 Å². The number of hydrogen-bond acceptors (Lipinski definition) is 3. The number of piperidine rings is 1. The smallest absolute Gasteiger partial charge is 0.165 e. The number of rotatable bonds is 2. The lowest BCUT2D eigenvalue weighted by Crippen LogP contribution is -2.35. The van der Waals surface area contributed by atoms with Crippen LogP contribution in [0, 0.1) is 11.7 Å². The summed E-state index contributed by atoms with van der Waals surface area (Å²) in [6.07, 6.45) is 4.16. The molecule has 0 spiro atoms. The summed E-state index contributed by atoms with van der Waals surface area (Å²) in [5.74, 6) is 0.247. The second-order valence-electron chi connectivity index (χ2n) is 3.77. The topological polar surface area (TPSA) is 33.2 Å². The summed E-state index contributed by atoms with van der Waals surface area (Å²) in [4.78, 5) is 16.5. The molecular formula is C11H13FN2O. The van der Waals surface area contributed by atoms with Crippen molar-refractivity contribution < 1.29 is 9.18 Å². The molecule has 80 valence electrons. The van der Waals surface area contributed by atoms with Crippen LogP contribution in [0.25, 0.3) is 0 Å². The highest BCUT2D eigenvalue weighted by atomic mass is 19.1. The van der Waals surface area contributed by atoms with Crippen molar-refractivity contribution in [3.63, 3.8) is 0 Å². The van der Waals surface area contributed by atoms with Crippen molar-refractivity contribution in [3.8, 4) is 0 Å². The van der Waals surface area contributed by atoms with Crippen LogP contribution in [0.5, 0.6) is 0 Å². The molecule has 2 rings (SSSR count). The molecule has 0 amide bonds. The number of anilines is 1. The van der Waals surface area contributed by atoms with E-state index in [2.05, 4.69) is 4.98 Å². The molecule has 0 bridgehead atoms. The van der Waals surface area contributed by atoms with E-state index in [0.717, 1.165) is 19.1 Å². The molecule has 2 heterocycles.